The summed E-state index contributed by atoms with van der Waals surface area (Å²) < 4.78 is 35.4. The van der Waals surface area contributed by atoms with Crippen LogP contribution >= 0.6 is 0 Å². The van der Waals surface area contributed by atoms with Crippen molar-refractivity contribution in [3.8, 4) is 11.5 Å². The number of hydrogen-bond acceptors (Lipinski definition) is 6. The van der Waals surface area contributed by atoms with Crippen molar-refractivity contribution < 1.29 is 17.9 Å². The smallest absolute Gasteiger partial charge is 0.208 e. The zero-order valence-corrected chi connectivity index (χ0v) is 18.5. The van der Waals surface area contributed by atoms with Crippen molar-refractivity contribution >= 4 is 21.7 Å². The van der Waals surface area contributed by atoms with E-state index in [-0.39, 0.29) is 6.04 Å². The Hall–Kier alpha value is -2.20. The summed E-state index contributed by atoms with van der Waals surface area (Å²) >= 11 is 0. The number of rotatable bonds is 10. The number of benzene rings is 1. The standard InChI is InChI=1S/C19H33N5O4S/c1-5-20-19(21-8-6-9-22-29(4,25)26)23-15-7-10-24(14-15)16-11-17(27-2)13-18(12-16)28-3/h11-13,15,22H,5-10,14H2,1-4H3,(H2,20,21,23). The van der Waals surface area contributed by atoms with Crippen molar-refractivity contribution in [2.45, 2.75) is 25.8 Å². The Morgan fingerprint density at radius 3 is 2.52 bits per heavy atom. The average molecular weight is 428 g/mol. The van der Waals surface area contributed by atoms with Crippen molar-refractivity contribution in [3.63, 3.8) is 0 Å². The largest absolute Gasteiger partial charge is 0.497 e. The number of anilines is 1. The maximum Gasteiger partial charge on any atom is 0.208 e. The molecule has 1 unspecified atom stereocenters. The molecule has 1 saturated heterocycles. The van der Waals surface area contributed by atoms with Gasteiger partial charge in [-0.2, -0.15) is 0 Å². The van der Waals surface area contributed by atoms with Gasteiger partial charge in [0.15, 0.2) is 5.96 Å². The third kappa shape index (κ3) is 7.98. The second-order valence-corrected chi connectivity index (χ2v) is 8.76. The molecular formula is C19H33N5O4S. The lowest BCUT2D eigenvalue weighted by Crippen LogP contribution is -2.44. The Morgan fingerprint density at radius 1 is 1.24 bits per heavy atom. The first-order chi connectivity index (χ1) is 13.8. The third-order valence-corrected chi connectivity index (χ3v) is 5.27. The van der Waals surface area contributed by atoms with Gasteiger partial charge in [-0.25, -0.2) is 13.1 Å². The number of ether oxygens (including phenoxy) is 2. The van der Waals surface area contributed by atoms with E-state index in [0.717, 1.165) is 55.5 Å². The fraction of sp³-hybridized carbons (Fsp3) is 0.632. The highest BCUT2D eigenvalue weighted by molar-refractivity contribution is 7.88. The zero-order chi connectivity index (χ0) is 21.3. The summed E-state index contributed by atoms with van der Waals surface area (Å²) in [6.45, 7) is 5.48. The number of hydrogen-bond donors (Lipinski definition) is 3. The van der Waals surface area contributed by atoms with Crippen molar-refractivity contribution in [1.82, 2.24) is 15.4 Å². The van der Waals surface area contributed by atoms with Crippen LogP contribution in [0.2, 0.25) is 0 Å². The van der Waals surface area contributed by atoms with Gasteiger partial charge in [0.25, 0.3) is 0 Å². The summed E-state index contributed by atoms with van der Waals surface area (Å²) in [5, 5.41) is 6.73. The molecule has 1 aliphatic rings. The summed E-state index contributed by atoms with van der Waals surface area (Å²) in [5.41, 5.74) is 1.07. The zero-order valence-electron chi connectivity index (χ0n) is 17.7. The van der Waals surface area contributed by atoms with Crippen LogP contribution in [-0.4, -0.2) is 73.6 Å². The summed E-state index contributed by atoms with van der Waals surface area (Å²) in [6.07, 6.45) is 2.79. The van der Waals surface area contributed by atoms with Gasteiger partial charge in [0.1, 0.15) is 11.5 Å². The molecule has 10 heteroatoms. The van der Waals surface area contributed by atoms with Gasteiger partial charge in [0, 0.05) is 62.7 Å². The Bertz CT molecular complexity index is 763. The van der Waals surface area contributed by atoms with Crippen LogP contribution in [-0.2, 0) is 10.0 Å². The Morgan fingerprint density at radius 2 is 1.93 bits per heavy atom. The maximum absolute atomic E-state index is 11.1. The van der Waals surface area contributed by atoms with Gasteiger partial charge in [-0.1, -0.05) is 0 Å². The molecule has 29 heavy (non-hydrogen) atoms. The predicted molar refractivity (Wildman–Crippen MR) is 117 cm³/mol. The van der Waals surface area contributed by atoms with Crippen molar-refractivity contribution in [2.75, 3.05) is 58.1 Å². The van der Waals surface area contributed by atoms with E-state index in [2.05, 4.69) is 25.2 Å². The van der Waals surface area contributed by atoms with E-state index in [0.29, 0.717) is 19.5 Å². The van der Waals surface area contributed by atoms with Gasteiger partial charge < -0.3 is 25.0 Å². The molecule has 164 valence electrons. The van der Waals surface area contributed by atoms with E-state index < -0.39 is 10.0 Å². The first kappa shape index (κ1) is 23.1. The molecule has 3 N–H and O–H groups in total. The molecule has 1 aromatic carbocycles. The van der Waals surface area contributed by atoms with Crippen LogP contribution in [0.4, 0.5) is 5.69 Å². The van der Waals surface area contributed by atoms with Crippen molar-refractivity contribution in [3.05, 3.63) is 18.2 Å². The van der Waals surface area contributed by atoms with Crippen LogP contribution in [0.5, 0.6) is 11.5 Å². The van der Waals surface area contributed by atoms with Gasteiger partial charge >= 0.3 is 0 Å². The molecule has 1 atom stereocenters. The minimum absolute atomic E-state index is 0.263. The Labute approximate surface area is 173 Å². The highest BCUT2D eigenvalue weighted by Gasteiger charge is 2.24. The van der Waals surface area contributed by atoms with Gasteiger partial charge in [-0.05, 0) is 19.8 Å². The average Bonchev–Trinajstić information content (AvgIpc) is 3.15. The molecule has 1 aromatic rings. The highest BCUT2D eigenvalue weighted by atomic mass is 32.2. The summed E-state index contributed by atoms with van der Waals surface area (Å²) in [6, 6.07) is 6.15. The number of guanidine groups is 1. The molecule has 1 fully saturated rings. The van der Waals surface area contributed by atoms with Gasteiger partial charge in [0.2, 0.25) is 10.0 Å². The molecule has 1 heterocycles. The first-order valence-electron chi connectivity index (χ1n) is 9.82. The lowest BCUT2D eigenvalue weighted by molar-refractivity contribution is 0.394. The fourth-order valence-electron chi connectivity index (χ4n) is 3.13. The molecule has 0 aromatic heterocycles. The fourth-order valence-corrected chi connectivity index (χ4v) is 3.64. The summed E-state index contributed by atoms with van der Waals surface area (Å²) in [4.78, 5) is 6.84. The second-order valence-electron chi connectivity index (χ2n) is 6.93. The minimum atomic E-state index is -3.15. The van der Waals surface area contributed by atoms with Gasteiger partial charge in [-0.15, -0.1) is 0 Å². The van der Waals surface area contributed by atoms with Crippen LogP contribution in [0.1, 0.15) is 19.8 Å². The SMILES string of the molecule is CCNC(=NCCCNS(C)(=O)=O)NC1CCN(c2cc(OC)cc(OC)c2)C1. The Balaban J connectivity index is 1.91. The van der Waals surface area contributed by atoms with E-state index in [4.69, 9.17) is 9.47 Å². The molecule has 2 rings (SSSR count). The summed E-state index contributed by atoms with van der Waals surface area (Å²) in [7, 11) is 0.151. The van der Waals surface area contributed by atoms with Crippen molar-refractivity contribution in [2.24, 2.45) is 4.99 Å². The number of sulfonamides is 1. The maximum atomic E-state index is 11.1. The molecular weight excluding hydrogens is 394 g/mol. The topological polar surface area (TPSA) is 104 Å². The van der Waals surface area contributed by atoms with Crippen molar-refractivity contribution in [1.29, 1.82) is 0 Å². The monoisotopic (exact) mass is 427 g/mol. The quantitative estimate of drug-likeness (QED) is 0.288. The highest BCUT2D eigenvalue weighted by Crippen LogP contribution is 2.30. The Kier molecular flexibility index (Phi) is 8.84. The lowest BCUT2D eigenvalue weighted by Gasteiger charge is -2.21. The molecule has 1 aliphatic heterocycles. The lowest BCUT2D eigenvalue weighted by atomic mass is 10.2. The second kappa shape index (κ2) is 11.1. The van der Waals surface area contributed by atoms with E-state index >= 15 is 0 Å². The van der Waals surface area contributed by atoms with E-state index in [1.165, 1.54) is 0 Å². The molecule has 0 saturated carbocycles. The van der Waals surface area contributed by atoms with Crippen LogP contribution in [0.25, 0.3) is 0 Å². The number of methoxy groups -OCH3 is 2. The van der Waals surface area contributed by atoms with Crippen LogP contribution in [0.3, 0.4) is 0 Å². The normalized spacial score (nSPS) is 17.3. The third-order valence-electron chi connectivity index (χ3n) is 4.54. The molecule has 0 radical (unpaired) electrons. The summed E-state index contributed by atoms with van der Waals surface area (Å²) in [5.74, 6) is 2.30. The number of nitrogens with zero attached hydrogens (tertiary/aromatic N) is 2. The van der Waals surface area contributed by atoms with Crippen LogP contribution in [0, 0.1) is 0 Å². The number of nitrogens with one attached hydrogen (secondary N) is 3. The van der Waals surface area contributed by atoms with E-state index in [9.17, 15) is 8.42 Å². The molecule has 0 amide bonds. The molecule has 9 nitrogen and oxygen atoms in total. The molecule has 0 aliphatic carbocycles. The van der Waals surface area contributed by atoms with Crippen LogP contribution < -0.4 is 29.7 Å². The number of aliphatic imine (C=N–C) groups is 1. The molecule has 0 bridgehead atoms. The van der Waals surface area contributed by atoms with Crippen LogP contribution in [0.15, 0.2) is 23.2 Å². The van der Waals surface area contributed by atoms with E-state index in [1.54, 1.807) is 14.2 Å². The van der Waals surface area contributed by atoms with Gasteiger partial charge in [0.05, 0.1) is 20.5 Å². The first-order valence-corrected chi connectivity index (χ1v) is 11.7. The predicted octanol–water partition coefficient (Wildman–Crippen LogP) is 0.777. The minimum Gasteiger partial charge on any atom is -0.497 e. The van der Waals surface area contributed by atoms with E-state index in [1.807, 2.05) is 25.1 Å². The van der Waals surface area contributed by atoms with Gasteiger partial charge in [-0.3, -0.25) is 4.99 Å². The molecule has 0 spiro atoms.